The van der Waals surface area contributed by atoms with Gasteiger partial charge in [0, 0.05) is 6.07 Å². The lowest BCUT2D eigenvalue weighted by molar-refractivity contribution is -0.138. The smallest absolute Gasteiger partial charge is 0.337 e. The highest BCUT2D eigenvalue weighted by molar-refractivity contribution is 5.93. The Morgan fingerprint density at radius 2 is 2.29 bits per heavy atom. The number of hydrogen-bond acceptors (Lipinski definition) is 5. The molecule has 0 radical (unpaired) electrons. The van der Waals surface area contributed by atoms with Gasteiger partial charge in [-0.2, -0.15) is 0 Å². The molecule has 0 unspecified atom stereocenters. The fraction of sp³-hybridized carbons (Fsp3) is 0.375. The maximum absolute atomic E-state index is 13.3. The van der Waals surface area contributed by atoms with Crippen LogP contribution in [0.5, 0.6) is 5.75 Å². The molecule has 0 saturated heterocycles. The van der Waals surface area contributed by atoms with Crippen molar-refractivity contribution in [2.75, 3.05) is 37.7 Å². The topological polar surface area (TPSA) is 79.9 Å². The van der Waals surface area contributed by atoms with E-state index in [0.717, 1.165) is 0 Å². The number of carbonyl (C=O) groups excluding carboxylic acids is 2. The van der Waals surface area contributed by atoms with Crippen molar-refractivity contribution in [3.8, 4) is 5.75 Å². The fourth-order valence-electron chi connectivity index (χ4n) is 2.69. The molecule has 2 heterocycles. The van der Waals surface area contributed by atoms with Crippen LogP contribution in [-0.2, 0) is 9.53 Å². The number of nitrogens with one attached hydrogen (secondary N) is 2. The van der Waals surface area contributed by atoms with Gasteiger partial charge in [0.1, 0.15) is 18.2 Å². The summed E-state index contributed by atoms with van der Waals surface area (Å²) >= 11 is 0. The first kappa shape index (κ1) is 16.1. The van der Waals surface area contributed by atoms with Gasteiger partial charge in [0.05, 0.1) is 43.2 Å². The molecule has 8 heteroatoms. The maximum Gasteiger partial charge on any atom is 0.337 e. The molecule has 3 rings (SSSR count). The number of halogens is 1. The third-order valence-corrected chi connectivity index (χ3v) is 3.81. The highest BCUT2D eigenvalue weighted by atomic mass is 19.1. The van der Waals surface area contributed by atoms with E-state index >= 15 is 0 Å². The highest BCUT2D eigenvalue weighted by Gasteiger charge is 2.27. The van der Waals surface area contributed by atoms with Crippen LogP contribution >= 0.6 is 0 Å². The van der Waals surface area contributed by atoms with Gasteiger partial charge in [-0.25, -0.2) is 14.0 Å². The summed E-state index contributed by atoms with van der Waals surface area (Å²) < 4.78 is 23.9. The maximum atomic E-state index is 13.3. The standard InChI is InChI=1S/C16H18FN3O4/c1-2-23-15(21)11-8-18-16(22)19-12(11)9-20-5-6-24-14-7-10(17)3-4-13(14)20/h3-4,7H,2,5-6,8-9H2,1H3,(H2,18,19,22). The van der Waals surface area contributed by atoms with Gasteiger partial charge in [-0.15, -0.1) is 0 Å². The molecule has 2 aliphatic rings. The van der Waals surface area contributed by atoms with Gasteiger partial charge in [-0.3, -0.25) is 0 Å². The summed E-state index contributed by atoms with van der Waals surface area (Å²) in [6.07, 6.45) is 0. The lowest BCUT2D eigenvalue weighted by Gasteiger charge is -2.33. The Kier molecular flexibility index (Phi) is 4.54. The van der Waals surface area contributed by atoms with E-state index < -0.39 is 5.97 Å². The third-order valence-electron chi connectivity index (χ3n) is 3.81. The van der Waals surface area contributed by atoms with E-state index in [1.54, 1.807) is 13.0 Å². The van der Waals surface area contributed by atoms with Crippen molar-refractivity contribution in [2.24, 2.45) is 0 Å². The number of carbonyl (C=O) groups is 2. The van der Waals surface area contributed by atoms with E-state index in [1.807, 2.05) is 4.90 Å². The molecule has 0 bridgehead atoms. The predicted octanol–water partition coefficient (Wildman–Crippen LogP) is 1.15. The van der Waals surface area contributed by atoms with Crippen LogP contribution in [0, 0.1) is 5.82 Å². The predicted molar refractivity (Wildman–Crippen MR) is 84.3 cm³/mol. The summed E-state index contributed by atoms with van der Waals surface area (Å²) in [7, 11) is 0. The summed E-state index contributed by atoms with van der Waals surface area (Å²) in [6.45, 7) is 3.33. The van der Waals surface area contributed by atoms with Crippen molar-refractivity contribution >= 4 is 17.7 Å². The molecule has 2 amide bonds. The van der Waals surface area contributed by atoms with Crippen molar-refractivity contribution in [1.82, 2.24) is 10.6 Å². The van der Waals surface area contributed by atoms with Crippen LogP contribution in [0.1, 0.15) is 6.92 Å². The van der Waals surface area contributed by atoms with Crippen LogP contribution in [0.2, 0.25) is 0 Å². The lowest BCUT2D eigenvalue weighted by Crippen LogP contribution is -2.47. The van der Waals surface area contributed by atoms with E-state index in [9.17, 15) is 14.0 Å². The summed E-state index contributed by atoms with van der Waals surface area (Å²) in [5.41, 5.74) is 1.58. The van der Waals surface area contributed by atoms with Crippen LogP contribution in [0.25, 0.3) is 0 Å². The Hall–Kier alpha value is -2.77. The second-order valence-corrected chi connectivity index (χ2v) is 5.37. The van der Waals surface area contributed by atoms with Crippen molar-refractivity contribution in [2.45, 2.75) is 6.92 Å². The summed E-state index contributed by atoms with van der Waals surface area (Å²) in [5, 5.41) is 5.23. The number of benzene rings is 1. The minimum atomic E-state index is -0.465. The quantitative estimate of drug-likeness (QED) is 0.807. The highest BCUT2D eigenvalue weighted by Crippen LogP contribution is 2.32. The van der Waals surface area contributed by atoms with E-state index in [-0.39, 0.29) is 25.0 Å². The number of rotatable bonds is 4. The van der Waals surface area contributed by atoms with Gasteiger partial charge in [0.25, 0.3) is 0 Å². The molecule has 1 aromatic rings. The monoisotopic (exact) mass is 335 g/mol. The minimum absolute atomic E-state index is 0.112. The molecule has 1 aromatic carbocycles. The molecule has 0 aliphatic carbocycles. The summed E-state index contributed by atoms with van der Waals surface area (Å²) in [4.78, 5) is 25.6. The Morgan fingerprint density at radius 1 is 1.46 bits per heavy atom. The van der Waals surface area contributed by atoms with Gasteiger partial charge < -0.3 is 25.0 Å². The molecule has 0 saturated carbocycles. The van der Waals surface area contributed by atoms with Gasteiger partial charge in [0.2, 0.25) is 0 Å². The van der Waals surface area contributed by atoms with Crippen LogP contribution in [0.3, 0.4) is 0 Å². The van der Waals surface area contributed by atoms with Crippen LogP contribution < -0.4 is 20.3 Å². The second-order valence-electron chi connectivity index (χ2n) is 5.37. The number of amides is 2. The molecule has 0 spiro atoms. The first-order valence-corrected chi connectivity index (χ1v) is 7.69. The van der Waals surface area contributed by atoms with Crippen LogP contribution in [0.4, 0.5) is 14.9 Å². The van der Waals surface area contributed by atoms with E-state index in [4.69, 9.17) is 9.47 Å². The number of urea groups is 1. The Balaban J connectivity index is 1.88. The van der Waals surface area contributed by atoms with Gasteiger partial charge in [0.15, 0.2) is 0 Å². The third kappa shape index (κ3) is 3.27. The van der Waals surface area contributed by atoms with Crippen LogP contribution in [-0.4, -0.2) is 44.8 Å². The van der Waals surface area contributed by atoms with Gasteiger partial charge in [-0.05, 0) is 19.1 Å². The number of hydrogen-bond donors (Lipinski definition) is 2. The Bertz CT molecular complexity index is 705. The molecular weight excluding hydrogens is 317 g/mol. The summed E-state index contributed by atoms with van der Waals surface area (Å²) in [6, 6.07) is 3.92. The SMILES string of the molecule is CCOC(=O)C1=C(CN2CCOc3cc(F)ccc32)NC(=O)NC1. The molecule has 2 N–H and O–H groups in total. The number of anilines is 1. The van der Waals surface area contributed by atoms with Crippen LogP contribution in [0.15, 0.2) is 29.5 Å². The molecular formula is C16H18FN3O4. The normalized spacial score (nSPS) is 16.8. The number of ether oxygens (including phenoxy) is 2. The molecule has 0 aromatic heterocycles. The molecule has 2 aliphatic heterocycles. The Morgan fingerprint density at radius 3 is 3.08 bits per heavy atom. The molecule has 24 heavy (non-hydrogen) atoms. The second kappa shape index (κ2) is 6.77. The minimum Gasteiger partial charge on any atom is -0.489 e. The number of esters is 1. The van der Waals surface area contributed by atoms with Gasteiger partial charge in [-0.1, -0.05) is 0 Å². The molecule has 128 valence electrons. The Labute approximate surface area is 138 Å². The molecule has 7 nitrogen and oxygen atoms in total. The van der Waals surface area contributed by atoms with Crippen molar-refractivity contribution < 1.29 is 23.5 Å². The zero-order valence-electron chi connectivity index (χ0n) is 13.2. The first-order valence-electron chi connectivity index (χ1n) is 7.69. The van der Waals surface area contributed by atoms with E-state index in [0.29, 0.717) is 42.4 Å². The van der Waals surface area contributed by atoms with Crippen molar-refractivity contribution in [3.05, 3.63) is 35.3 Å². The first-order chi connectivity index (χ1) is 11.6. The zero-order valence-corrected chi connectivity index (χ0v) is 13.2. The number of nitrogens with zero attached hydrogens (tertiary/aromatic N) is 1. The fourth-order valence-corrected chi connectivity index (χ4v) is 2.69. The van der Waals surface area contributed by atoms with E-state index in [2.05, 4.69) is 10.6 Å². The van der Waals surface area contributed by atoms with Crippen molar-refractivity contribution in [1.29, 1.82) is 0 Å². The molecule has 0 fully saturated rings. The summed E-state index contributed by atoms with van der Waals surface area (Å²) in [5.74, 6) is -0.399. The lowest BCUT2D eigenvalue weighted by atomic mass is 10.1. The van der Waals surface area contributed by atoms with Gasteiger partial charge >= 0.3 is 12.0 Å². The van der Waals surface area contributed by atoms with Crippen molar-refractivity contribution in [3.63, 3.8) is 0 Å². The largest absolute Gasteiger partial charge is 0.489 e. The zero-order chi connectivity index (χ0) is 17.1. The van der Waals surface area contributed by atoms with E-state index in [1.165, 1.54) is 12.1 Å². The average Bonchev–Trinajstić information content (AvgIpc) is 2.55. The molecule has 0 atom stereocenters. The average molecular weight is 335 g/mol. The number of fused-ring (bicyclic) bond motifs is 1.